The number of hydrogen-bond acceptors (Lipinski definition) is 4. The van der Waals surface area contributed by atoms with Crippen molar-refractivity contribution in [2.45, 2.75) is 19.4 Å². The molecule has 5 heteroatoms. The van der Waals surface area contributed by atoms with Crippen molar-refractivity contribution in [2.75, 3.05) is 37.6 Å². The highest BCUT2D eigenvalue weighted by molar-refractivity contribution is 5.76. The number of rotatable bonds is 6. The predicted molar refractivity (Wildman–Crippen MR) is 101 cm³/mol. The summed E-state index contributed by atoms with van der Waals surface area (Å²) in [4.78, 5) is 21.0. The van der Waals surface area contributed by atoms with Gasteiger partial charge in [0.05, 0.1) is 6.04 Å². The van der Waals surface area contributed by atoms with E-state index in [1.165, 1.54) is 5.69 Å². The molecule has 2 aromatic rings. The van der Waals surface area contributed by atoms with Gasteiger partial charge in [0.1, 0.15) is 0 Å². The number of benzene rings is 1. The van der Waals surface area contributed by atoms with Gasteiger partial charge in [0.2, 0.25) is 5.91 Å². The van der Waals surface area contributed by atoms with E-state index in [4.69, 9.17) is 0 Å². The van der Waals surface area contributed by atoms with Crippen LogP contribution in [0.3, 0.4) is 0 Å². The van der Waals surface area contributed by atoms with Crippen LogP contribution in [-0.2, 0) is 4.79 Å². The molecule has 1 N–H and O–H groups in total. The average Bonchev–Trinajstić information content (AvgIpc) is 2.68. The zero-order valence-electron chi connectivity index (χ0n) is 14.8. The van der Waals surface area contributed by atoms with Crippen molar-refractivity contribution in [2.24, 2.45) is 0 Å². The van der Waals surface area contributed by atoms with Crippen molar-refractivity contribution in [3.8, 4) is 0 Å². The Morgan fingerprint density at radius 2 is 1.76 bits per heavy atom. The van der Waals surface area contributed by atoms with Crippen LogP contribution in [0.2, 0.25) is 0 Å². The lowest BCUT2D eigenvalue weighted by Crippen LogP contribution is -2.47. The van der Waals surface area contributed by atoms with Crippen LogP contribution in [0.25, 0.3) is 0 Å². The molecule has 132 valence electrons. The van der Waals surface area contributed by atoms with Gasteiger partial charge in [-0.1, -0.05) is 18.2 Å². The van der Waals surface area contributed by atoms with E-state index in [1.54, 1.807) is 12.4 Å². The molecule has 0 spiro atoms. The second-order valence-electron chi connectivity index (χ2n) is 6.48. The Morgan fingerprint density at radius 1 is 1.08 bits per heavy atom. The molecule has 1 amide bonds. The van der Waals surface area contributed by atoms with Crippen LogP contribution in [0.5, 0.6) is 0 Å². The van der Waals surface area contributed by atoms with Gasteiger partial charge >= 0.3 is 0 Å². The van der Waals surface area contributed by atoms with Gasteiger partial charge in [-0.15, -0.1) is 0 Å². The van der Waals surface area contributed by atoms with Crippen molar-refractivity contribution in [3.63, 3.8) is 0 Å². The number of nitrogens with zero attached hydrogens (tertiary/aromatic N) is 3. The Morgan fingerprint density at radius 3 is 2.44 bits per heavy atom. The summed E-state index contributed by atoms with van der Waals surface area (Å²) < 4.78 is 0. The van der Waals surface area contributed by atoms with E-state index >= 15 is 0 Å². The molecular formula is C20H26N4O. The van der Waals surface area contributed by atoms with Gasteiger partial charge in [-0.05, 0) is 36.8 Å². The number of amides is 1. The average molecular weight is 338 g/mol. The summed E-state index contributed by atoms with van der Waals surface area (Å²) in [6.45, 7) is 6.85. The van der Waals surface area contributed by atoms with Gasteiger partial charge in [0, 0.05) is 57.2 Å². The van der Waals surface area contributed by atoms with Crippen LogP contribution in [0.4, 0.5) is 5.69 Å². The Hall–Kier alpha value is -2.40. The van der Waals surface area contributed by atoms with E-state index in [9.17, 15) is 4.79 Å². The maximum Gasteiger partial charge on any atom is 0.221 e. The Balaban J connectivity index is 1.39. The maximum atomic E-state index is 12.2. The van der Waals surface area contributed by atoms with Gasteiger partial charge in [0.15, 0.2) is 0 Å². The first-order valence-electron chi connectivity index (χ1n) is 8.94. The highest BCUT2D eigenvalue weighted by Gasteiger charge is 2.18. The molecule has 1 aliphatic heterocycles. The zero-order valence-corrected chi connectivity index (χ0v) is 14.8. The van der Waals surface area contributed by atoms with Crippen molar-refractivity contribution >= 4 is 11.6 Å². The van der Waals surface area contributed by atoms with Gasteiger partial charge in [-0.2, -0.15) is 0 Å². The van der Waals surface area contributed by atoms with Crippen LogP contribution >= 0.6 is 0 Å². The minimum absolute atomic E-state index is 0.0189. The van der Waals surface area contributed by atoms with E-state index in [0.717, 1.165) is 38.3 Å². The normalized spacial score (nSPS) is 16.4. The van der Waals surface area contributed by atoms with Gasteiger partial charge in [0.25, 0.3) is 0 Å². The number of nitrogens with one attached hydrogen (secondary N) is 1. The van der Waals surface area contributed by atoms with Crippen molar-refractivity contribution in [3.05, 3.63) is 60.4 Å². The molecule has 1 atom stereocenters. The summed E-state index contributed by atoms with van der Waals surface area (Å²) in [6, 6.07) is 14.4. The van der Waals surface area contributed by atoms with E-state index in [2.05, 4.69) is 44.4 Å². The number of hydrogen-bond donors (Lipinski definition) is 1. The number of carbonyl (C=O) groups is 1. The first-order chi connectivity index (χ1) is 12.2. The molecule has 1 aromatic heterocycles. The SMILES string of the molecule is C[C@@H](NC(=O)CCN1CCN(c2ccccc2)CC1)c1ccncc1. The number of piperazine rings is 1. The third-order valence-electron chi connectivity index (χ3n) is 4.73. The highest BCUT2D eigenvalue weighted by atomic mass is 16.1. The summed E-state index contributed by atoms with van der Waals surface area (Å²) in [5.74, 6) is 0.106. The lowest BCUT2D eigenvalue weighted by atomic mass is 10.1. The smallest absolute Gasteiger partial charge is 0.221 e. The van der Waals surface area contributed by atoms with Crippen molar-refractivity contribution in [1.82, 2.24) is 15.2 Å². The second kappa shape index (κ2) is 8.62. The summed E-state index contributed by atoms with van der Waals surface area (Å²) in [6.07, 6.45) is 4.05. The molecule has 25 heavy (non-hydrogen) atoms. The molecule has 1 fully saturated rings. The number of aromatic nitrogens is 1. The van der Waals surface area contributed by atoms with Gasteiger partial charge < -0.3 is 10.2 Å². The fourth-order valence-electron chi connectivity index (χ4n) is 3.18. The van der Waals surface area contributed by atoms with E-state index in [0.29, 0.717) is 6.42 Å². The van der Waals surface area contributed by atoms with Gasteiger partial charge in [-0.3, -0.25) is 14.7 Å². The number of pyridine rings is 1. The molecule has 1 saturated heterocycles. The zero-order chi connectivity index (χ0) is 17.5. The quantitative estimate of drug-likeness (QED) is 0.879. The molecule has 0 bridgehead atoms. The fraction of sp³-hybridized carbons (Fsp3) is 0.400. The molecule has 1 aromatic carbocycles. The molecule has 0 saturated carbocycles. The molecule has 3 rings (SSSR count). The molecule has 0 radical (unpaired) electrons. The Kier molecular flexibility index (Phi) is 6.01. The third-order valence-corrected chi connectivity index (χ3v) is 4.73. The lowest BCUT2D eigenvalue weighted by molar-refractivity contribution is -0.122. The topological polar surface area (TPSA) is 48.5 Å². The van der Waals surface area contributed by atoms with Crippen LogP contribution < -0.4 is 10.2 Å². The molecule has 5 nitrogen and oxygen atoms in total. The molecule has 0 unspecified atom stereocenters. The first kappa shape index (κ1) is 17.4. The summed E-state index contributed by atoms with van der Waals surface area (Å²) in [7, 11) is 0. The van der Waals surface area contributed by atoms with Crippen molar-refractivity contribution in [1.29, 1.82) is 0 Å². The van der Waals surface area contributed by atoms with Crippen LogP contribution in [0.1, 0.15) is 24.9 Å². The predicted octanol–water partition coefficient (Wildman–Crippen LogP) is 2.47. The van der Waals surface area contributed by atoms with E-state index in [1.807, 2.05) is 25.1 Å². The minimum Gasteiger partial charge on any atom is -0.369 e. The molecule has 0 aliphatic carbocycles. The second-order valence-corrected chi connectivity index (χ2v) is 6.48. The fourth-order valence-corrected chi connectivity index (χ4v) is 3.18. The van der Waals surface area contributed by atoms with Crippen LogP contribution in [-0.4, -0.2) is 48.5 Å². The number of para-hydroxylation sites is 1. The number of carbonyl (C=O) groups excluding carboxylic acids is 1. The number of anilines is 1. The lowest BCUT2D eigenvalue weighted by Gasteiger charge is -2.36. The maximum absolute atomic E-state index is 12.2. The molecule has 2 heterocycles. The van der Waals surface area contributed by atoms with Gasteiger partial charge in [-0.25, -0.2) is 0 Å². The minimum atomic E-state index is 0.0189. The standard InChI is InChI=1S/C20H26N4O/c1-17(18-7-10-21-11-8-18)22-20(25)9-12-23-13-15-24(16-14-23)19-5-3-2-4-6-19/h2-8,10-11,17H,9,12-16H2,1H3,(H,22,25)/t17-/m1/s1. The summed E-state index contributed by atoms with van der Waals surface area (Å²) in [5.41, 5.74) is 2.37. The van der Waals surface area contributed by atoms with E-state index < -0.39 is 0 Å². The van der Waals surface area contributed by atoms with Crippen molar-refractivity contribution < 1.29 is 4.79 Å². The van der Waals surface area contributed by atoms with Crippen LogP contribution in [0.15, 0.2) is 54.9 Å². The first-order valence-corrected chi connectivity index (χ1v) is 8.94. The van der Waals surface area contributed by atoms with E-state index in [-0.39, 0.29) is 11.9 Å². The Bertz CT molecular complexity index is 654. The molecule has 1 aliphatic rings. The monoisotopic (exact) mass is 338 g/mol. The largest absolute Gasteiger partial charge is 0.369 e. The highest BCUT2D eigenvalue weighted by Crippen LogP contribution is 2.15. The third kappa shape index (κ3) is 5.03. The molecular weight excluding hydrogens is 312 g/mol. The summed E-state index contributed by atoms with van der Waals surface area (Å²) in [5, 5.41) is 3.07. The Labute approximate surface area is 149 Å². The van der Waals surface area contributed by atoms with Crippen LogP contribution in [0, 0.1) is 0 Å². The summed E-state index contributed by atoms with van der Waals surface area (Å²) >= 11 is 0.